The van der Waals surface area contributed by atoms with Crippen LogP contribution in [0, 0.1) is 17.0 Å². The first-order chi connectivity index (χ1) is 9.89. The molecule has 1 aliphatic rings. The molecule has 0 aromatic carbocycles. The topological polar surface area (TPSA) is 102 Å². The number of aliphatic hydroxyl groups is 1. The van der Waals surface area contributed by atoms with Crippen molar-refractivity contribution < 1.29 is 14.8 Å². The first-order valence-corrected chi connectivity index (χ1v) is 7.18. The molecule has 0 bridgehead atoms. The predicted octanol–water partition coefficient (Wildman–Crippen LogP) is 1.46. The minimum Gasteiger partial charge on any atom is -0.385 e. The molecule has 0 aliphatic carbocycles. The van der Waals surface area contributed by atoms with Gasteiger partial charge in [0.25, 0.3) is 0 Å². The van der Waals surface area contributed by atoms with Crippen LogP contribution >= 0.6 is 0 Å². The van der Waals surface area contributed by atoms with E-state index in [0.717, 1.165) is 6.42 Å². The Hall–Kier alpha value is -1.67. The summed E-state index contributed by atoms with van der Waals surface area (Å²) in [7, 11) is 0. The van der Waals surface area contributed by atoms with Crippen molar-refractivity contribution in [2.45, 2.75) is 51.9 Å². The number of nitrogens with zero attached hydrogens (tertiary/aromatic N) is 3. The molecule has 8 nitrogen and oxygen atoms in total. The Labute approximate surface area is 123 Å². The van der Waals surface area contributed by atoms with Crippen molar-refractivity contribution in [2.75, 3.05) is 18.5 Å². The van der Waals surface area contributed by atoms with E-state index in [1.165, 1.54) is 0 Å². The lowest BCUT2D eigenvalue weighted by molar-refractivity contribution is -0.384. The number of rotatable bonds is 6. The molecule has 0 radical (unpaired) electrons. The highest BCUT2D eigenvalue weighted by molar-refractivity contribution is 5.59. The number of nitro groups is 1. The Bertz CT molecular complexity index is 530. The third-order valence-corrected chi connectivity index (χ3v) is 3.94. The van der Waals surface area contributed by atoms with Gasteiger partial charge >= 0.3 is 5.69 Å². The molecule has 2 atom stereocenters. The predicted molar refractivity (Wildman–Crippen MR) is 77.4 cm³/mol. The van der Waals surface area contributed by atoms with Crippen molar-refractivity contribution >= 4 is 11.5 Å². The van der Waals surface area contributed by atoms with Crippen molar-refractivity contribution in [3.8, 4) is 0 Å². The van der Waals surface area contributed by atoms with Gasteiger partial charge in [-0.2, -0.15) is 5.10 Å². The number of ether oxygens (including phenoxy) is 1. The molecule has 2 N–H and O–H groups in total. The highest BCUT2D eigenvalue weighted by Gasteiger charge is 2.40. The van der Waals surface area contributed by atoms with Gasteiger partial charge in [-0.3, -0.25) is 10.1 Å². The quantitative estimate of drug-likeness (QED) is 0.609. The lowest BCUT2D eigenvalue weighted by Crippen LogP contribution is -2.43. The van der Waals surface area contributed by atoms with E-state index >= 15 is 0 Å². The lowest BCUT2D eigenvalue weighted by atomic mass is 9.97. The van der Waals surface area contributed by atoms with Gasteiger partial charge in [0.2, 0.25) is 5.82 Å². The molecule has 0 spiro atoms. The van der Waals surface area contributed by atoms with Crippen molar-refractivity contribution in [3.63, 3.8) is 0 Å². The third-order valence-electron chi connectivity index (χ3n) is 3.94. The zero-order chi connectivity index (χ0) is 15.6. The second kappa shape index (κ2) is 5.98. The van der Waals surface area contributed by atoms with Crippen LogP contribution in [0.5, 0.6) is 0 Å². The van der Waals surface area contributed by atoms with E-state index < -0.39 is 10.5 Å². The lowest BCUT2D eigenvalue weighted by Gasteiger charge is -2.26. The minimum absolute atomic E-state index is 0.0291. The molecule has 2 unspecified atom stereocenters. The summed E-state index contributed by atoms with van der Waals surface area (Å²) in [6.07, 6.45) is 1.03. The molecule has 1 saturated heterocycles. The Morgan fingerprint density at radius 3 is 2.90 bits per heavy atom. The molecule has 1 aliphatic heterocycles. The maximum absolute atomic E-state index is 11.2. The molecule has 1 aromatic heterocycles. The normalized spacial score (nSPS) is 25.2. The first kappa shape index (κ1) is 15.7. The third kappa shape index (κ3) is 3.01. The van der Waals surface area contributed by atoms with Gasteiger partial charge in [-0.25, -0.2) is 4.68 Å². The molecule has 2 heterocycles. The highest BCUT2D eigenvalue weighted by atomic mass is 16.6. The number of aromatic nitrogens is 2. The van der Waals surface area contributed by atoms with Crippen LogP contribution in [0.4, 0.5) is 11.5 Å². The zero-order valence-electron chi connectivity index (χ0n) is 12.6. The van der Waals surface area contributed by atoms with E-state index in [2.05, 4.69) is 10.4 Å². The summed E-state index contributed by atoms with van der Waals surface area (Å²) in [5.41, 5.74) is -0.666. The Morgan fingerprint density at radius 1 is 1.67 bits per heavy atom. The van der Waals surface area contributed by atoms with Crippen LogP contribution in [0.1, 0.15) is 32.4 Å². The molecule has 8 heteroatoms. The van der Waals surface area contributed by atoms with Gasteiger partial charge in [0.15, 0.2) is 0 Å². The summed E-state index contributed by atoms with van der Waals surface area (Å²) in [5.74, 6) is 0.354. The molecule has 1 fully saturated rings. The number of anilines is 1. The number of hydrogen-bond acceptors (Lipinski definition) is 6. The summed E-state index contributed by atoms with van der Waals surface area (Å²) in [6, 6.07) is 0. The Balaban J connectivity index is 2.23. The summed E-state index contributed by atoms with van der Waals surface area (Å²) in [4.78, 5) is 10.8. The number of nitrogens with one attached hydrogen (secondary N) is 1. The molecule has 118 valence electrons. The zero-order valence-corrected chi connectivity index (χ0v) is 12.6. The fourth-order valence-corrected chi connectivity index (χ4v) is 2.58. The second-order valence-electron chi connectivity index (χ2n) is 5.48. The van der Waals surface area contributed by atoms with Gasteiger partial charge in [0.05, 0.1) is 11.0 Å². The van der Waals surface area contributed by atoms with E-state index in [9.17, 15) is 15.2 Å². The Kier molecular flexibility index (Phi) is 4.48. The van der Waals surface area contributed by atoms with Gasteiger partial charge in [-0.05, 0) is 20.3 Å². The van der Waals surface area contributed by atoms with Crippen molar-refractivity contribution in [3.05, 3.63) is 15.8 Å². The van der Waals surface area contributed by atoms with E-state index in [1.54, 1.807) is 18.5 Å². The molecule has 2 rings (SSSR count). The van der Waals surface area contributed by atoms with Crippen molar-refractivity contribution in [1.29, 1.82) is 0 Å². The average molecular weight is 298 g/mol. The number of aryl methyl sites for hydroxylation is 2. The molecular weight excluding hydrogens is 276 g/mol. The van der Waals surface area contributed by atoms with E-state index in [1.807, 2.05) is 6.92 Å². The molecule has 21 heavy (non-hydrogen) atoms. The summed E-state index contributed by atoms with van der Waals surface area (Å²) in [6.45, 7) is 6.68. The van der Waals surface area contributed by atoms with Crippen LogP contribution < -0.4 is 5.32 Å². The number of hydrogen-bond donors (Lipinski definition) is 2. The monoisotopic (exact) mass is 298 g/mol. The van der Waals surface area contributed by atoms with Crippen molar-refractivity contribution in [1.82, 2.24) is 9.78 Å². The van der Waals surface area contributed by atoms with Gasteiger partial charge < -0.3 is 15.2 Å². The van der Waals surface area contributed by atoms with E-state index in [0.29, 0.717) is 31.1 Å². The van der Waals surface area contributed by atoms with Crippen LogP contribution in [0.2, 0.25) is 0 Å². The fourth-order valence-electron chi connectivity index (χ4n) is 2.58. The van der Waals surface area contributed by atoms with E-state index in [-0.39, 0.29) is 18.3 Å². The van der Waals surface area contributed by atoms with Crippen LogP contribution in [0.25, 0.3) is 0 Å². The molecule has 0 saturated carbocycles. The van der Waals surface area contributed by atoms with Gasteiger partial charge in [-0.15, -0.1) is 0 Å². The maximum atomic E-state index is 11.2. The first-order valence-electron chi connectivity index (χ1n) is 7.18. The molecule has 0 amide bonds. The fraction of sp³-hybridized carbons (Fsp3) is 0.769. The van der Waals surface area contributed by atoms with Crippen LogP contribution in [0.3, 0.4) is 0 Å². The second-order valence-corrected chi connectivity index (χ2v) is 5.48. The minimum atomic E-state index is -1.01. The Morgan fingerprint density at radius 2 is 2.38 bits per heavy atom. The largest absolute Gasteiger partial charge is 0.385 e. The SMILES string of the molecule is CCCn1nc(C)c([N+](=O)[O-])c1NCC1(O)CCOC1C. The molecular formula is C13H22N4O4. The van der Waals surface area contributed by atoms with Crippen LogP contribution in [-0.2, 0) is 11.3 Å². The maximum Gasteiger partial charge on any atom is 0.333 e. The van der Waals surface area contributed by atoms with Gasteiger partial charge in [0.1, 0.15) is 11.3 Å². The average Bonchev–Trinajstić information content (AvgIpc) is 2.89. The summed E-state index contributed by atoms with van der Waals surface area (Å²) >= 11 is 0. The van der Waals surface area contributed by atoms with Gasteiger partial charge in [-0.1, -0.05) is 6.92 Å². The van der Waals surface area contributed by atoms with Crippen LogP contribution in [0.15, 0.2) is 0 Å². The smallest absolute Gasteiger partial charge is 0.333 e. The van der Waals surface area contributed by atoms with Crippen molar-refractivity contribution in [2.24, 2.45) is 0 Å². The summed E-state index contributed by atoms with van der Waals surface area (Å²) < 4.78 is 6.97. The summed E-state index contributed by atoms with van der Waals surface area (Å²) in [5, 5.41) is 28.9. The van der Waals surface area contributed by atoms with E-state index in [4.69, 9.17) is 4.74 Å². The highest BCUT2D eigenvalue weighted by Crippen LogP contribution is 2.31. The van der Waals surface area contributed by atoms with Crippen LogP contribution in [-0.4, -0.2) is 44.7 Å². The van der Waals surface area contributed by atoms with Gasteiger partial charge in [0, 0.05) is 26.1 Å². The standard InChI is InChI=1S/C13H22N4O4/c1-4-6-16-12(11(17(19)20)9(2)15-16)14-8-13(18)5-7-21-10(13)3/h10,14,18H,4-8H2,1-3H3. The molecule has 1 aromatic rings.